The van der Waals surface area contributed by atoms with Crippen molar-refractivity contribution in [2.24, 2.45) is 5.92 Å². The van der Waals surface area contributed by atoms with Crippen molar-refractivity contribution in [1.82, 2.24) is 20.4 Å². The highest BCUT2D eigenvalue weighted by molar-refractivity contribution is 5.73. The number of carbonyl (C=O) groups excluding carboxylic acids is 1. The van der Waals surface area contributed by atoms with Gasteiger partial charge in [0.25, 0.3) is 0 Å². The Morgan fingerprint density at radius 2 is 2.08 bits per heavy atom. The fraction of sp³-hybridized carbons (Fsp3) is 0.444. The van der Waals surface area contributed by atoms with Gasteiger partial charge in [-0.15, -0.1) is 0 Å². The van der Waals surface area contributed by atoms with Crippen molar-refractivity contribution in [3.8, 4) is 0 Å². The molecule has 0 saturated heterocycles. The highest BCUT2D eigenvalue weighted by Gasteiger charge is 2.09. The number of hydrogen-bond donors (Lipinski definition) is 2. The molecule has 24 heavy (non-hydrogen) atoms. The molecule has 1 heterocycles. The molecule has 0 aliphatic heterocycles. The third-order valence-electron chi connectivity index (χ3n) is 3.79. The molecule has 1 unspecified atom stereocenters. The standard InChI is InChI=1S/C18H25FN4O/c1-13(12-23-15(3)9-14(2)22-23)11-21-18(24)20-8-7-16-5-4-6-17(19)10-16/h4-6,9-10,13H,7-8,11-12H2,1-3H3,(H2,20,21,24). The Morgan fingerprint density at radius 3 is 2.75 bits per heavy atom. The number of urea groups is 1. The van der Waals surface area contributed by atoms with Crippen LogP contribution in [0.2, 0.25) is 0 Å². The summed E-state index contributed by atoms with van der Waals surface area (Å²) in [5, 5.41) is 10.1. The number of hydrogen-bond acceptors (Lipinski definition) is 2. The minimum Gasteiger partial charge on any atom is -0.338 e. The Balaban J connectivity index is 1.66. The van der Waals surface area contributed by atoms with Crippen LogP contribution in [-0.4, -0.2) is 28.9 Å². The number of benzene rings is 1. The van der Waals surface area contributed by atoms with Crippen LogP contribution < -0.4 is 10.6 Å². The van der Waals surface area contributed by atoms with Crippen molar-refractivity contribution in [1.29, 1.82) is 0 Å². The molecule has 2 rings (SSSR count). The van der Waals surface area contributed by atoms with Crippen LogP contribution in [0.5, 0.6) is 0 Å². The van der Waals surface area contributed by atoms with Gasteiger partial charge >= 0.3 is 6.03 Å². The average Bonchev–Trinajstić information content (AvgIpc) is 2.83. The van der Waals surface area contributed by atoms with E-state index in [1.54, 1.807) is 6.07 Å². The molecule has 0 fully saturated rings. The number of rotatable bonds is 7. The number of aromatic nitrogens is 2. The SMILES string of the molecule is Cc1cc(C)n(CC(C)CNC(=O)NCCc2cccc(F)c2)n1. The summed E-state index contributed by atoms with van der Waals surface area (Å²) < 4.78 is 15.0. The van der Waals surface area contributed by atoms with E-state index in [0.717, 1.165) is 23.5 Å². The van der Waals surface area contributed by atoms with Gasteiger partial charge in [0, 0.05) is 25.3 Å². The van der Waals surface area contributed by atoms with Gasteiger partial charge in [0.1, 0.15) is 5.82 Å². The van der Waals surface area contributed by atoms with Gasteiger partial charge in [0.15, 0.2) is 0 Å². The Kier molecular flexibility index (Phi) is 6.35. The summed E-state index contributed by atoms with van der Waals surface area (Å²) in [6.45, 7) is 7.88. The van der Waals surface area contributed by atoms with E-state index in [1.165, 1.54) is 12.1 Å². The van der Waals surface area contributed by atoms with E-state index in [-0.39, 0.29) is 17.8 Å². The first-order valence-corrected chi connectivity index (χ1v) is 8.21. The molecule has 0 aliphatic carbocycles. The van der Waals surface area contributed by atoms with Crippen LogP contribution in [0.1, 0.15) is 23.9 Å². The van der Waals surface area contributed by atoms with E-state index in [9.17, 15) is 9.18 Å². The molecule has 1 aromatic heterocycles. The summed E-state index contributed by atoms with van der Waals surface area (Å²) in [6.07, 6.45) is 0.604. The smallest absolute Gasteiger partial charge is 0.314 e. The zero-order chi connectivity index (χ0) is 17.5. The maximum atomic E-state index is 13.1. The normalized spacial score (nSPS) is 12.0. The van der Waals surface area contributed by atoms with Crippen molar-refractivity contribution >= 4 is 6.03 Å². The molecule has 2 N–H and O–H groups in total. The number of carbonyl (C=O) groups is 1. The summed E-state index contributed by atoms with van der Waals surface area (Å²) in [5.74, 6) is 0.0203. The van der Waals surface area contributed by atoms with Gasteiger partial charge in [-0.25, -0.2) is 9.18 Å². The Morgan fingerprint density at radius 1 is 1.29 bits per heavy atom. The quantitative estimate of drug-likeness (QED) is 0.819. The highest BCUT2D eigenvalue weighted by Crippen LogP contribution is 2.06. The fourth-order valence-electron chi connectivity index (χ4n) is 2.56. The maximum absolute atomic E-state index is 13.1. The summed E-state index contributed by atoms with van der Waals surface area (Å²) in [6, 6.07) is 8.25. The predicted molar refractivity (Wildman–Crippen MR) is 92.4 cm³/mol. The molecule has 2 aromatic rings. The number of halogens is 1. The van der Waals surface area contributed by atoms with E-state index in [1.807, 2.05) is 30.7 Å². The molecule has 0 spiro atoms. The van der Waals surface area contributed by atoms with Gasteiger partial charge in [-0.05, 0) is 49.9 Å². The Hall–Kier alpha value is -2.37. The molecular formula is C18H25FN4O. The van der Waals surface area contributed by atoms with Crippen LogP contribution in [0.4, 0.5) is 9.18 Å². The van der Waals surface area contributed by atoms with Crippen molar-refractivity contribution < 1.29 is 9.18 Å². The molecule has 0 aliphatic rings. The van der Waals surface area contributed by atoms with E-state index in [0.29, 0.717) is 19.5 Å². The lowest BCUT2D eigenvalue weighted by Gasteiger charge is -2.14. The second-order valence-electron chi connectivity index (χ2n) is 6.23. The summed E-state index contributed by atoms with van der Waals surface area (Å²) >= 11 is 0. The van der Waals surface area contributed by atoms with Crippen LogP contribution in [0.3, 0.4) is 0 Å². The third kappa shape index (κ3) is 5.68. The van der Waals surface area contributed by atoms with Crippen LogP contribution in [0, 0.1) is 25.6 Å². The lowest BCUT2D eigenvalue weighted by Crippen LogP contribution is -2.39. The van der Waals surface area contributed by atoms with Crippen molar-refractivity contribution in [3.63, 3.8) is 0 Å². The minimum atomic E-state index is -0.255. The first kappa shape index (κ1) is 18.0. The number of aryl methyl sites for hydroxylation is 2. The molecule has 2 amide bonds. The third-order valence-corrected chi connectivity index (χ3v) is 3.79. The molecule has 0 bridgehead atoms. The lowest BCUT2D eigenvalue weighted by atomic mass is 10.1. The number of nitrogens with one attached hydrogen (secondary N) is 2. The van der Waals surface area contributed by atoms with E-state index in [4.69, 9.17) is 0 Å². The fourth-order valence-corrected chi connectivity index (χ4v) is 2.56. The summed E-state index contributed by atoms with van der Waals surface area (Å²) in [4.78, 5) is 11.8. The topological polar surface area (TPSA) is 59.0 Å². The zero-order valence-electron chi connectivity index (χ0n) is 14.5. The summed E-state index contributed by atoms with van der Waals surface area (Å²) in [5.41, 5.74) is 3.00. The maximum Gasteiger partial charge on any atom is 0.314 e. The lowest BCUT2D eigenvalue weighted by molar-refractivity contribution is 0.238. The van der Waals surface area contributed by atoms with Crippen molar-refractivity contribution in [2.75, 3.05) is 13.1 Å². The van der Waals surface area contributed by atoms with Gasteiger partial charge in [0.2, 0.25) is 0 Å². The molecule has 5 nitrogen and oxygen atoms in total. The number of amides is 2. The summed E-state index contributed by atoms with van der Waals surface area (Å²) in [7, 11) is 0. The van der Waals surface area contributed by atoms with Crippen LogP contribution in [-0.2, 0) is 13.0 Å². The van der Waals surface area contributed by atoms with Crippen LogP contribution >= 0.6 is 0 Å². The van der Waals surface area contributed by atoms with Crippen LogP contribution in [0.25, 0.3) is 0 Å². The van der Waals surface area contributed by atoms with Gasteiger partial charge in [-0.1, -0.05) is 19.1 Å². The molecule has 0 saturated carbocycles. The second kappa shape index (κ2) is 8.47. The molecule has 1 aromatic carbocycles. The monoisotopic (exact) mass is 332 g/mol. The average molecular weight is 332 g/mol. The predicted octanol–water partition coefficient (Wildman–Crippen LogP) is 2.82. The molecule has 1 atom stereocenters. The molecule has 0 radical (unpaired) electrons. The number of nitrogens with zero attached hydrogens (tertiary/aromatic N) is 2. The molecule has 6 heteroatoms. The minimum absolute atomic E-state index is 0.202. The van der Waals surface area contributed by atoms with Crippen molar-refractivity contribution in [2.45, 2.75) is 33.7 Å². The first-order valence-electron chi connectivity index (χ1n) is 8.21. The van der Waals surface area contributed by atoms with E-state index < -0.39 is 0 Å². The van der Waals surface area contributed by atoms with Crippen LogP contribution in [0.15, 0.2) is 30.3 Å². The zero-order valence-corrected chi connectivity index (χ0v) is 14.5. The first-order chi connectivity index (χ1) is 11.4. The Bertz CT molecular complexity index is 683. The van der Waals surface area contributed by atoms with Crippen molar-refractivity contribution in [3.05, 3.63) is 53.1 Å². The van der Waals surface area contributed by atoms with Gasteiger partial charge in [-0.3, -0.25) is 4.68 Å². The van der Waals surface area contributed by atoms with E-state index >= 15 is 0 Å². The Labute approximate surface area is 142 Å². The van der Waals surface area contributed by atoms with Gasteiger partial charge in [0.05, 0.1) is 5.69 Å². The highest BCUT2D eigenvalue weighted by atomic mass is 19.1. The van der Waals surface area contributed by atoms with Gasteiger partial charge < -0.3 is 10.6 Å². The van der Waals surface area contributed by atoms with Gasteiger partial charge in [-0.2, -0.15) is 5.10 Å². The molecule has 130 valence electrons. The molecular weight excluding hydrogens is 307 g/mol. The van der Waals surface area contributed by atoms with E-state index in [2.05, 4.69) is 22.7 Å². The largest absolute Gasteiger partial charge is 0.338 e. The second-order valence-corrected chi connectivity index (χ2v) is 6.23.